The SMILES string of the molecule is COc1ccc(C(=O)CS)cc1C(C)C. The predicted octanol–water partition coefficient (Wildman–Crippen LogP) is 2.93. The molecular formula is C12H16O2S. The third-order valence-corrected chi connectivity index (χ3v) is 2.60. The van der Waals surface area contributed by atoms with E-state index in [9.17, 15) is 4.79 Å². The summed E-state index contributed by atoms with van der Waals surface area (Å²) in [7, 11) is 1.64. The van der Waals surface area contributed by atoms with Crippen molar-refractivity contribution in [1.82, 2.24) is 0 Å². The number of methoxy groups -OCH3 is 1. The highest BCUT2D eigenvalue weighted by molar-refractivity contribution is 7.81. The maximum absolute atomic E-state index is 11.5. The molecule has 1 aromatic rings. The molecule has 0 fully saturated rings. The van der Waals surface area contributed by atoms with Crippen LogP contribution in [0.2, 0.25) is 0 Å². The first-order valence-electron chi connectivity index (χ1n) is 4.92. The Balaban J connectivity index is 3.16. The summed E-state index contributed by atoms with van der Waals surface area (Å²) in [4.78, 5) is 11.5. The molecule has 3 heteroatoms. The van der Waals surface area contributed by atoms with Gasteiger partial charge in [0.1, 0.15) is 5.75 Å². The van der Waals surface area contributed by atoms with Crippen LogP contribution in [0.25, 0.3) is 0 Å². The molecule has 0 saturated carbocycles. The van der Waals surface area contributed by atoms with Crippen LogP contribution in [0.4, 0.5) is 0 Å². The lowest BCUT2D eigenvalue weighted by atomic mass is 9.98. The molecule has 0 unspecified atom stereocenters. The summed E-state index contributed by atoms with van der Waals surface area (Å²) >= 11 is 3.98. The van der Waals surface area contributed by atoms with E-state index in [1.54, 1.807) is 13.2 Å². The number of Topliss-reactive ketones (excluding diaryl/α,β-unsaturated/α-hetero) is 1. The first kappa shape index (κ1) is 12.1. The molecular weight excluding hydrogens is 208 g/mol. The zero-order chi connectivity index (χ0) is 11.4. The molecule has 0 bridgehead atoms. The van der Waals surface area contributed by atoms with E-state index in [1.165, 1.54) is 0 Å². The predicted molar refractivity (Wildman–Crippen MR) is 65.3 cm³/mol. The van der Waals surface area contributed by atoms with Gasteiger partial charge in [-0.15, -0.1) is 0 Å². The van der Waals surface area contributed by atoms with Crippen molar-refractivity contribution in [2.75, 3.05) is 12.9 Å². The lowest BCUT2D eigenvalue weighted by Gasteiger charge is -2.12. The highest BCUT2D eigenvalue weighted by Crippen LogP contribution is 2.27. The molecule has 82 valence electrons. The molecule has 0 aliphatic rings. The lowest BCUT2D eigenvalue weighted by molar-refractivity contribution is 0.102. The Kier molecular flexibility index (Phi) is 4.21. The van der Waals surface area contributed by atoms with Gasteiger partial charge in [-0.05, 0) is 29.7 Å². The molecule has 0 amide bonds. The second-order valence-electron chi connectivity index (χ2n) is 3.69. The van der Waals surface area contributed by atoms with Crippen molar-refractivity contribution in [3.05, 3.63) is 29.3 Å². The third-order valence-electron chi connectivity index (χ3n) is 2.32. The maximum atomic E-state index is 11.5. The van der Waals surface area contributed by atoms with Crippen molar-refractivity contribution < 1.29 is 9.53 Å². The highest BCUT2D eigenvalue weighted by atomic mass is 32.1. The van der Waals surface area contributed by atoms with E-state index in [4.69, 9.17) is 4.74 Å². The third kappa shape index (κ3) is 2.75. The zero-order valence-corrected chi connectivity index (χ0v) is 10.2. The first-order valence-corrected chi connectivity index (χ1v) is 5.55. The van der Waals surface area contributed by atoms with Gasteiger partial charge < -0.3 is 4.74 Å². The van der Waals surface area contributed by atoms with Crippen molar-refractivity contribution in [1.29, 1.82) is 0 Å². The standard InChI is InChI=1S/C12H16O2S/c1-8(2)10-6-9(11(13)7-15)4-5-12(10)14-3/h4-6,8,15H,7H2,1-3H3. The number of rotatable bonds is 4. The van der Waals surface area contributed by atoms with Crippen LogP contribution in [0.15, 0.2) is 18.2 Å². The van der Waals surface area contributed by atoms with Crippen LogP contribution in [0.3, 0.4) is 0 Å². The molecule has 1 aromatic carbocycles. The minimum absolute atomic E-state index is 0.0443. The van der Waals surface area contributed by atoms with Gasteiger partial charge in [0.25, 0.3) is 0 Å². The Labute approximate surface area is 96.1 Å². The van der Waals surface area contributed by atoms with E-state index in [0.717, 1.165) is 11.3 Å². The van der Waals surface area contributed by atoms with E-state index in [0.29, 0.717) is 11.5 Å². The summed E-state index contributed by atoms with van der Waals surface area (Å²) in [6.45, 7) is 4.15. The number of thiol groups is 1. The number of carbonyl (C=O) groups excluding carboxylic acids is 1. The van der Waals surface area contributed by atoms with Crippen LogP contribution in [0.5, 0.6) is 5.75 Å². The Bertz CT molecular complexity index is 359. The van der Waals surface area contributed by atoms with Gasteiger partial charge in [0.15, 0.2) is 5.78 Å². The van der Waals surface area contributed by atoms with Gasteiger partial charge in [-0.25, -0.2) is 0 Å². The molecule has 0 N–H and O–H groups in total. The average molecular weight is 224 g/mol. The monoisotopic (exact) mass is 224 g/mol. The average Bonchev–Trinajstić information content (AvgIpc) is 2.27. The Morgan fingerprint density at radius 2 is 2.13 bits per heavy atom. The van der Waals surface area contributed by atoms with Crippen LogP contribution >= 0.6 is 12.6 Å². The minimum Gasteiger partial charge on any atom is -0.496 e. The summed E-state index contributed by atoms with van der Waals surface area (Å²) < 4.78 is 5.24. The highest BCUT2D eigenvalue weighted by Gasteiger charge is 2.11. The molecule has 15 heavy (non-hydrogen) atoms. The fraction of sp³-hybridized carbons (Fsp3) is 0.417. The topological polar surface area (TPSA) is 26.3 Å². The van der Waals surface area contributed by atoms with Crippen molar-refractivity contribution in [3.63, 3.8) is 0 Å². The van der Waals surface area contributed by atoms with Gasteiger partial charge in [-0.1, -0.05) is 13.8 Å². The number of benzene rings is 1. The van der Waals surface area contributed by atoms with E-state index < -0.39 is 0 Å². The molecule has 0 aromatic heterocycles. The molecule has 0 aliphatic carbocycles. The van der Waals surface area contributed by atoms with Crippen LogP contribution in [-0.2, 0) is 0 Å². The summed E-state index contributed by atoms with van der Waals surface area (Å²) in [6, 6.07) is 5.51. The minimum atomic E-state index is 0.0443. The van der Waals surface area contributed by atoms with Gasteiger partial charge in [-0.2, -0.15) is 12.6 Å². The van der Waals surface area contributed by atoms with Gasteiger partial charge in [0, 0.05) is 5.56 Å². The smallest absolute Gasteiger partial charge is 0.172 e. The second-order valence-corrected chi connectivity index (χ2v) is 4.01. The molecule has 0 aliphatic heterocycles. The molecule has 0 atom stereocenters. The van der Waals surface area contributed by atoms with Crippen LogP contribution < -0.4 is 4.74 Å². The Morgan fingerprint density at radius 1 is 1.47 bits per heavy atom. The van der Waals surface area contributed by atoms with Crippen LogP contribution in [0.1, 0.15) is 35.7 Å². The maximum Gasteiger partial charge on any atom is 0.172 e. The van der Waals surface area contributed by atoms with Crippen LogP contribution in [-0.4, -0.2) is 18.6 Å². The molecule has 0 radical (unpaired) electrons. The Hall–Kier alpha value is -0.960. The summed E-state index contributed by atoms with van der Waals surface area (Å²) in [5.41, 5.74) is 1.76. The number of hydrogen-bond acceptors (Lipinski definition) is 3. The summed E-state index contributed by atoms with van der Waals surface area (Å²) in [6.07, 6.45) is 0. The van der Waals surface area contributed by atoms with Crippen molar-refractivity contribution >= 4 is 18.4 Å². The zero-order valence-electron chi connectivity index (χ0n) is 9.28. The number of hydrogen-bond donors (Lipinski definition) is 1. The normalized spacial score (nSPS) is 10.5. The van der Waals surface area contributed by atoms with E-state index in [2.05, 4.69) is 26.5 Å². The fourth-order valence-electron chi connectivity index (χ4n) is 1.45. The molecule has 1 rings (SSSR count). The van der Waals surface area contributed by atoms with Crippen molar-refractivity contribution in [2.45, 2.75) is 19.8 Å². The Morgan fingerprint density at radius 3 is 2.60 bits per heavy atom. The number of ether oxygens (including phenoxy) is 1. The lowest BCUT2D eigenvalue weighted by Crippen LogP contribution is -2.03. The summed E-state index contributed by atoms with van der Waals surface area (Å²) in [5, 5.41) is 0. The largest absolute Gasteiger partial charge is 0.496 e. The van der Waals surface area contributed by atoms with Gasteiger partial charge in [0.2, 0.25) is 0 Å². The first-order chi connectivity index (χ1) is 7.10. The van der Waals surface area contributed by atoms with Gasteiger partial charge in [0.05, 0.1) is 12.9 Å². The number of ketones is 1. The molecule has 0 heterocycles. The van der Waals surface area contributed by atoms with E-state index >= 15 is 0 Å². The molecule has 0 spiro atoms. The fourth-order valence-corrected chi connectivity index (χ4v) is 1.63. The van der Waals surface area contributed by atoms with E-state index in [-0.39, 0.29) is 11.5 Å². The number of carbonyl (C=O) groups is 1. The van der Waals surface area contributed by atoms with Crippen molar-refractivity contribution in [2.24, 2.45) is 0 Å². The molecule has 2 nitrogen and oxygen atoms in total. The van der Waals surface area contributed by atoms with Crippen molar-refractivity contribution in [3.8, 4) is 5.75 Å². The quantitative estimate of drug-likeness (QED) is 0.628. The second kappa shape index (κ2) is 5.21. The van der Waals surface area contributed by atoms with Gasteiger partial charge in [-0.3, -0.25) is 4.79 Å². The summed E-state index contributed by atoms with van der Waals surface area (Å²) in [5.74, 6) is 1.46. The van der Waals surface area contributed by atoms with E-state index in [1.807, 2.05) is 12.1 Å². The van der Waals surface area contributed by atoms with Crippen LogP contribution in [0, 0.1) is 0 Å². The van der Waals surface area contributed by atoms with Gasteiger partial charge >= 0.3 is 0 Å². The molecule has 0 saturated heterocycles.